The molecule has 0 unspecified atom stereocenters. The highest BCUT2D eigenvalue weighted by Gasteiger charge is 2.38. The fraction of sp³-hybridized carbons (Fsp3) is 0.353. The summed E-state index contributed by atoms with van der Waals surface area (Å²) in [4.78, 5) is 3.82. The summed E-state index contributed by atoms with van der Waals surface area (Å²) in [6, 6.07) is 9.14. The van der Waals surface area contributed by atoms with E-state index in [2.05, 4.69) is 44.2 Å². The van der Waals surface area contributed by atoms with Crippen LogP contribution in [0, 0.1) is 5.82 Å². The van der Waals surface area contributed by atoms with Crippen LogP contribution in [-0.4, -0.2) is 13.3 Å². The number of anilines is 2. The predicted octanol–water partition coefficient (Wildman–Crippen LogP) is 5.35. The molecule has 0 saturated carbocycles. The third-order valence-electron chi connectivity index (χ3n) is 4.03. The van der Waals surface area contributed by atoms with E-state index in [0.29, 0.717) is 5.69 Å². The van der Waals surface area contributed by atoms with Gasteiger partial charge in [-0.3, -0.25) is 4.98 Å². The fourth-order valence-electron chi connectivity index (χ4n) is 1.70. The molecule has 0 spiro atoms. The highest BCUT2D eigenvalue weighted by Crippen LogP contribution is 2.37. The van der Waals surface area contributed by atoms with Gasteiger partial charge in [0.1, 0.15) is 11.6 Å². The monoisotopic (exact) mass is 318 g/mol. The van der Waals surface area contributed by atoms with Gasteiger partial charge in [-0.15, -0.1) is 0 Å². The van der Waals surface area contributed by atoms with Crippen molar-refractivity contribution in [1.29, 1.82) is 0 Å². The van der Waals surface area contributed by atoms with Gasteiger partial charge in [0.2, 0.25) is 8.32 Å². The van der Waals surface area contributed by atoms with E-state index in [1.807, 2.05) is 24.3 Å². The molecule has 0 fully saturated rings. The van der Waals surface area contributed by atoms with Crippen LogP contribution in [-0.2, 0) is 0 Å². The van der Waals surface area contributed by atoms with Crippen molar-refractivity contribution in [3.63, 3.8) is 0 Å². The SMILES string of the molecule is CC(C)(C)[Si](C)(C)Oc1ccc(Nc2cncc(F)c2)cc1. The first-order valence-corrected chi connectivity index (χ1v) is 10.2. The Bertz CT molecular complexity index is 636. The molecule has 2 rings (SSSR count). The van der Waals surface area contributed by atoms with Gasteiger partial charge in [-0.2, -0.15) is 0 Å². The Morgan fingerprint density at radius 3 is 2.23 bits per heavy atom. The lowest BCUT2D eigenvalue weighted by Gasteiger charge is -2.36. The normalized spacial score (nSPS) is 12.1. The largest absolute Gasteiger partial charge is 0.544 e. The number of pyridine rings is 1. The van der Waals surface area contributed by atoms with Gasteiger partial charge in [0.25, 0.3) is 0 Å². The van der Waals surface area contributed by atoms with Gasteiger partial charge in [0.05, 0.1) is 18.1 Å². The molecule has 0 aliphatic heterocycles. The Morgan fingerprint density at radius 2 is 1.68 bits per heavy atom. The standard InChI is InChI=1S/C17H23FN2OSi/c1-17(2,3)22(4,5)21-16-8-6-14(7-9-16)20-15-10-13(18)11-19-12-15/h6-12,20H,1-5H3. The summed E-state index contributed by atoms with van der Waals surface area (Å²) in [7, 11) is -1.82. The minimum atomic E-state index is -1.82. The van der Waals surface area contributed by atoms with Crippen molar-refractivity contribution in [2.24, 2.45) is 0 Å². The van der Waals surface area contributed by atoms with Crippen LogP contribution in [0.15, 0.2) is 42.7 Å². The maximum absolute atomic E-state index is 13.1. The lowest BCUT2D eigenvalue weighted by molar-refractivity contribution is 0.492. The molecule has 22 heavy (non-hydrogen) atoms. The Labute approximate surface area is 132 Å². The number of hydrogen-bond donors (Lipinski definition) is 1. The molecule has 0 atom stereocenters. The first-order chi connectivity index (χ1) is 10.2. The van der Waals surface area contributed by atoms with Crippen molar-refractivity contribution >= 4 is 19.7 Å². The van der Waals surface area contributed by atoms with Crippen LogP contribution in [0.4, 0.5) is 15.8 Å². The lowest BCUT2D eigenvalue weighted by atomic mass is 10.2. The van der Waals surface area contributed by atoms with Crippen molar-refractivity contribution < 1.29 is 8.82 Å². The predicted molar refractivity (Wildman–Crippen MR) is 91.7 cm³/mol. The minimum absolute atomic E-state index is 0.164. The van der Waals surface area contributed by atoms with Gasteiger partial charge in [-0.1, -0.05) is 20.8 Å². The summed E-state index contributed by atoms with van der Waals surface area (Å²) in [6.07, 6.45) is 2.77. The van der Waals surface area contributed by atoms with Crippen LogP contribution in [0.5, 0.6) is 5.75 Å². The molecular weight excluding hydrogens is 295 g/mol. The number of nitrogens with zero attached hydrogens (tertiary/aromatic N) is 1. The van der Waals surface area contributed by atoms with Crippen molar-refractivity contribution in [3.8, 4) is 5.75 Å². The average molecular weight is 318 g/mol. The maximum Gasteiger partial charge on any atom is 0.250 e. The van der Waals surface area contributed by atoms with Gasteiger partial charge < -0.3 is 9.74 Å². The van der Waals surface area contributed by atoms with E-state index in [1.165, 1.54) is 12.3 Å². The second-order valence-corrected chi connectivity index (χ2v) is 11.6. The second kappa shape index (κ2) is 6.08. The molecule has 0 aliphatic rings. The summed E-state index contributed by atoms with van der Waals surface area (Å²) >= 11 is 0. The zero-order chi connectivity index (χ0) is 16.4. The number of halogens is 1. The molecule has 0 amide bonds. The van der Waals surface area contributed by atoms with E-state index in [0.717, 1.165) is 11.4 Å². The molecule has 2 aromatic rings. The zero-order valence-electron chi connectivity index (χ0n) is 13.8. The first kappa shape index (κ1) is 16.5. The van der Waals surface area contributed by atoms with Crippen LogP contribution < -0.4 is 9.74 Å². The van der Waals surface area contributed by atoms with E-state index in [1.54, 1.807) is 6.20 Å². The van der Waals surface area contributed by atoms with Gasteiger partial charge >= 0.3 is 0 Å². The number of rotatable bonds is 4. The molecule has 5 heteroatoms. The molecular formula is C17H23FN2OSi. The fourth-order valence-corrected chi connectivity index (χ4v) is 2.73. The number of nitrogens with one attached hydrogen (secondary N) is 1. The Kier molecular flexibility index (Phi) is 4.56. The number of aromatic nitrogens is 1. The summed E-state index contributed by atoms with van der Waals surface area (Å²) in [6.45, 7) is 11.1. The van der Waals surface area contributed by atoms with Crippen molar-refractivity contribution in [1.82, 2.24) is 4.98 Å². The quantitative estimate of drug-likeness (QED) is 0.772. The van der Waals surface area contributed by atoms with Crippen LogP contribution >= 0.6 is 0 Å². The van der Waals surface area contributed by atoms with Gasteiger partial charge in [0, 0.05) is 11.8 Å². The molecule has 0 bridgehead atoms. The van der Waals surface area contributed by atoms with Crippen LogP contribution in [0.25, 0.3) is 0 Å². The summed E-state index contributed by atoms with van der Waals surface area (Å²) in [5.74, 6) is 0.511. The molecule has 0 aliphatic carbocycles. The van der Waals surface area contributed by atoms with E-state index < -0.39 is 8.32 Å². The first-order valence-electron chi connectivity index (χ1n) is 7.34. The van der Waals surface area contributed by atoms with E-state index >= 15 is 0 Å². The van der Waals surface area contributed by atoms with Crippen LogP contribution in [0.3, 0.4) is 0 Å². The molecule has 3 nitrogen and oxygen atoms in total. The Morgan fingerprint density at radius 1 is 1.05 bits per heavy atom. The molecule has 118 valence electrons. The molecule has 1 heterocycles. The number of hydrogen-bond acceptors (Lipinski definition) is 3. The third kappa shape index (κ3) is 4.07. The topological polar surface area (TPSA) is 34.1 Å². The Balaban J connectivity index is 2.08. The minimum Gasteiger partial charge on any atom is -0.544 e. The van der Waals surface area contributed by atoms with Crippen molar-refractivity contribution in [2.75, 3.05) is 5.32 Å². The average Bonchev–Trinajstić information content (AvgIpc) is 2.39. The smallest absolute Gasteiger partial charge is 0.250 e. The van der Waals surface area contributed by atoms with E-state index in [4.69, 9.17) is 4.43 Å². The summed E-state index contributed by atoms with van der Waals surface area (Å²) in [5, 5.41) is 3.28. The number of benzene rings is 1. The third-order valence-corrected chi connectivity index (χ3v) is 8.39. The van der Waals surface area contributed by atoms with Gasteiger partial charge in [-0.05, 0) is 42.4 Å². The highest BCUT2D eigenvalue weighted by atomic mass is 28.4. The van der Waals surface area contributed by atoms with Crippen molar-refractivity contribution in [3.05, 3.63) is 48.5 Å². The molecule has 1 aromatic carbocycles. The molecule has 0 radical (unpaired) electrons. The van der Waals surface area contributed by atoms with E-state index in [9.17, 15) is 4.39 Å². The van der Waals surface area contributed by atoms with Crippen molar-refractivity contribution in [2.45, 2.75) is 38.9 Å². The molecule has 1 N–H and O–H groups in total. The lowest BCUT2D eigenvalue weighted by Crippen LogP contribution is -2.43. The summed E-state index contributed by atoms with van der Waals surface area (Å²) in [5.41, 5.74) is 1.49. The van der Waals surface area contributed by atoms with Gasteiger partial charge in [0.15, 0.2) is 0 Å². The van der Waals surface area contributed by atoms with Crippen LogP contribution in [0.2, 0.25) is 18.1 Å². The molecule has 1 aromatic heterocycles. The summed E-state index contributed by atoms with van der Waals surface area (Å²) < 4.78 is 19.3. The Hall–Kier alpha value is -1.88. The molecule has 0 saturated heterocycles. The van der Waals surface area contributed by atoms with Crippen LogP contribution in [0.1, 0.15) is 20.8 Å². The highest BCUT2D eigenvalue weighted by molar-refractivity contribution is 6.74. The van der Waals surface area contributed by atoms with Gasteiger partial charge in [-0.25, -0.2) is 4.39 Å². The maximum atomic E-state index is 13.1. The van der Waals surface area contributed by atoms with E-state index in [-0.39, 0.29) is 10.9 Å². The second-order valence-electron chi connectivity index (χ2n) is 6.90. The zero-order valence-corrected chi connectivity index (χ0v) is 14.8.